The lowest BCUT2D eigenvalue weighted by Crippen LogP contribution is -2.21. The van der Waals surface area contributed by atoms with Crippen molar-refractivity contribution in [3.8, 4) is 0 Å². The number of nitrogens with one attached hydrogen (secondary N) is 1. The van der Waals surface area contributed by atoms with E-state index in [0.717, 1.165) is 6.54 Å². The lowest BCUT2D eigenvalue weighted by Gasteiger charge is -2.28. The Balaban J connectivity index is 2.44. The first-order valence-corrected chi connectivity index (χ1v) is 7.27. The van der Waals surface area contributed by atoms with Gasteiger partial charge in [-0.25, -0.2) is 0 Å². The van der Waals surface area contributed by atoms with E-state index in [1.54, 1.807) is 0 Å². The molecular weight excluding hydrogens is 244 g/mol. The number of para-hydroxylation sites is 1. The third-order valence-electron chi connectivity index (χ3n) is 3.79. The molecule has 0 aliphatic carbocycles. The maximum Gasteiger partial charge on any atom is 0.0459 e. The minimum Gasteiger partial charge on any atom is -0.341 e. The van der Waals surface area contributed by atoms with Gasteiger partial charge in [0.15, 0.2) is 0 Å². The molecule has 0 fully saturated rings. The van der Waals surface area contributed by atoms with Gasteiger partial charge < -0.3 is 10.2 Å². The number of rotatable bonds is 5. The second-order valence-electron chi connectivity index (χ2n) is 5.15. The van der Waals surface area contributed by atoms with Gasteiger partial charge in [0.1, 0.15) is 0 Å². The molecule has 0 heterocycles. The molecule has 0 amide bonds. The average molecular weight is 268 g/mol. The predicted molar refractivity (Wildman–Crippen MR) is 87.8 cm³/mol. The topological polar surface area (TPSA) is 15.3 Å². The van der Waals surface area contributed by atoms with Crippen LogP contribution in [0.3, 0.4) is 0 Å². The molecule has 1 N–H and O–H groups in total. The van der Waals surface area contributed by atoms with Crippen LogP contribution < -0.4 is 10.2 Å². The molecule has 1 unspecified atom stereocenters. The summed E-state index contributed by atoms with van der Waals surface area (Å²) in [6.07, 6.45) is 0. The van der Waals surface area contributed by atoms with Crippen LogP contribution in [0.15, 0.2) is 48.5 Å². The van der Waals surface area contributed by atoms with Gasteiger partial charge >= 0.3 is 0 Å². The molecule has 0 aromatic heterocycles. The molecule has 2 nitrogen and oxygen atoms in total. The molecule has 0 saturated heterocycles. The summed E-state index contributed by atoms with van der Waals surface area (Å²) in [6.45, 7) is 7.47. The zero-order chi connectivity index (χ0) is 14.5. The highest BCUT2D eigenvalue weighted by molar-refractivity contribution is 5.67. The van der Waals surface area contributed by atoms with Crippen molar-refractivity contribution in [2.24, 2.45) is 0 Å². The summed E-state index contributed by atoms with van der Waals surface area (Å²) in [6, 6.07) is 17.7. The molecule has 1 atom stereocenters. The highest BCUT2D eigenvalue weighted by Crippen LogP contribution is 2.31. The van der Waals surface area contributed by atoms with Gasteiger partial charge in [0.05, 0.1) is 0 Å². The molecule has 2 rings (SSSR count). The molecule has 0 saturated carbocycles. The van der Waals surface area contributed by atoms with Crippen molar-refractivity contribution < 1.29 is 0 Å². The van der Waals surface area contributed by atoms with Gasteiger partial charge in [-0.3, -0.25) is 0 Å². The molecule has 20 heavy (non-hydrogen) atoms. The van der Waals surface area contributed by atoms with E-state index >= 15 is 0 Å². The molecule has 106 valence electrons. The monoisotopic (exact) mass is 268 g/mol. The van der Waals surface area contributed by atoms with Crippen molar-refractivity contribution in [1.82, 2.24) is 5.32 Å². The second kappa shape index (κ2) is 6.58. The molecule has 2 heteroatoms. The van der Waals surface area contributed by atoms with Gasteiger partial charge in [-0.2, -0.15) is 0 Å². The Kier molecular flexibility index (Phi) is 4.80. The SMILES string of the molecule is CCN(c1ccc(C)cc1)c1ccccc1C(C)NC. The Morgan fingerprint density at radius 1 is 1.05 bits per heavy atom. The molecule has 0 aliphatic heterocycles. The third kappa shape index (κ3) is 3.02. The van der Waals surface area contributed by atoms with Gasteiger partial charge in [-0.05, 0) is 51.6 Å². The predicted octanol–water partition coefficient (Wildman–Crippen LogP) is 4.43. The van der Waals surface area contributed by atoms with Crippen LogP contribution in [-0.2, 0) is 0 Å². The van der Waals surface area contributed by atoms with Crippen LogP contribution in [0, 0.1) is 6.92 Å². The van der Waals surface area contributed by atoms with Crippen molar-refractivity contribution in [3.05, 3.63) is 59.7 Å². The number of anilines is 2. The highest BCUT2D eigenvalue weighted by atomic mass is 15.1. The molecule has 2 aromatic rings. The number of hydrogen-bond donors (Lipinski definition) is 1. The molecule has 0 aliphatic rings. The lowest BCUT2D eigenvalue weighted by molar-refractivity contribution is 0.651. The van der Waals surface area contributed by atoms with Crippen molar-refractivity contribution in [2.75, 3.05) is 18.5 Å². The number of aryl methyl sites for hydroxylation is 1. The minimum absolute atomic E-state index is 0.339. The average Bonchev–Trinajstić information content (AvgIpc) is 2.49. The standard InChI is InChI=1S/C18H24N2/c1-5-20(16-12-10-14(2)11-13-16)18-9-7-6-8-17(18)15(3)19-4/h6-13,15,19H,5H2,1-4H3. The van der Waals surface area contributed by atoms with E-state index in [0.29, 0.717) is 6.04 Å². The normalized spacial score (nSPS) is 12.2. The van der Waals surface area contributed by atoms with Crippen LogP contribution in [0.4, 0.5) is 11.4 Å². The summed E-state index contributed by atoms with van der Waals surface area (Å²) in [5, 5.41) is 3.33. The van der Waals surface area contributed by atoms with E-state index in [-0.39, 0.29) is 0 Å². The third-order valence-corrected chi connectivity index (χ3v) is 3.79. The summed E-state index contributed by atoms with van der Waals surface area (Å²) in [5.74, 6) is 0. The quantitative estimate of drug-likeness (QED) is 0.862. The molecule has 0 radical (unpaired) electrons. The van der Waals surface area contributed by atoms with Gasteiger partial charge in [0.2, 0.25) is 0 Å². The molecule has 0 spiro atoms. The maximum atomic E-state index is 3.33. The van der Waals surface area contributed by atoms with Crippen LogP contribution in [0.2, 0.25) is 0 Å². The fraction of sp³-hybridized carbons (Fsp3) is 0.333. The summed E-state index contributed by atoms with van der Waals surface area (Å²) in [4.78, 5) is 2.36. The Hall–Kier alpha value is -1.80. The van der Waals surface area contributed by atoms with Crippen molar-refractivity contribution in [2.45, 2.75) is 26.8 Å². The van der Waals surface area contributed by atoms with E-state index in [1.165, 1.54) is 22.5 Å². The summed E-state index contributed by atoms with van der Waals surface area (Å²) in [7, 11) is 2.00. The number of hydrogen-bond acceptors (Lipinski definition) is 2. The van der Waals surface area contributed by atoms with Crippen molar-refractivity contribution in [3.63, 3.8) is 0 Å². The van der Waals surface area contributed by atoms with E-state index in [4.69, 9.17) is 0 Å². The van der Waals surface area contributed by atoms with Crippen LogP contribution >= 0.6 is 0 Å². The number of benzene rings is 2. The Morgan fingerprint density at radius 2 is 1.70 bits per heavy atom. The summed E-state index contributed by atoms with van der Waals surface area (Å²) in [5.41, 5.74) is 5.15. The van der Waals surface area contributed by atoms with Crippen molar-refractivity contribution >= 4 is 11.4 Å². The molecular formula is C18H24N2. The van der Waals surface area contributed by atoms with Gasteiger partial charge in [0.25, 0.3) is 0 Å². The highest BCUT2D eigenvalue weighted by Gasteiger charge is 2.14. The smallest absolute Gasteiger partial charge is 0.0459 e. The first-order chi connectivity index (χ1) is 9.67. The van der Waals surface area contributed by atoms with Gasteiger partial charge in [0, 0.05) is 24.0 Å². The fourth-order valence-corrected chi connectivity index (χ4v) is 2.47. The lowest BCUT2D eigenvalue weighted by atomic mass is 10.0. The van der Waals surface area contributed by atoms with Gasteiger partial charge in [-0.1, -0.05) is 35.9 Å². The first-order valence-electron chi connectivity index (χ1n) is 7.27. The van der Waals surface area contributed by atoms with Crippen LogP contribution in [0.1, 0.15) is 31.0 Å². The maximum absolute atomic E-state index is 3.33. The van der Waals surface area contributed by atoms with Crippen LogP contribution in [0.5, 0.6) is 0 Å². The zero-order valence-corrected chi connectivity index (χ0v) is 12.9. The summed E-state index contributed by atoms with van der Waals surface area (Å²) < 4.78 is 0. The Bertz CT molecular complexity index is 546. The van der Waals surface area contributed by atoms with E-state index in [1.807, 2.05) is 7.05 Å². The van der Waals surface area contributed by atoms with Gasteiger partial charge in [-0.15, -0.1) is 0 Å². The summed E-state index contributed by atoms with van der Waals surface area (Å²) >= 11 is 0. The van der Waals surface area contributed by atoms with Crippen LogP contribution in [-0.4, -0.2) is 13.6 Å². The Morgan fingerprint density at radius 3 is 2.30 bits per heavy atom. The van der Waals surface area contributed by atoms with Crippen LogP contribution in [0.25, 0.3) is 0 Å². The Labute approximate surface area is 122 Å². The van der Waals surface area contributed by atoms with E-state index < -0.39 is 0 Å². The number of nitrogens with zero attached hydrogens (tertiary/aromatic N) is 1. The van der Waals surface area contributed by atoms with E-state index in [9.17, 15) is 0 Å². The second-order valence-corrected chi connectivity index (χ2v) is 5.15. The molecule has 0 bridgehead atoms. The van der Waals surface area contributed by atoms with E-state index in [2.05, 4.69) is 79.5 Å². The first kappa shape index (κ1) is 14.6. The fourth-order valence-electron chi connectivity index (χ4n) is 2.47. The van der Waals surface area contributed by atoms with Crippen molar-refractivity contribution in [1.29, 1.82) is 0 Å². The minimum atomic E-state index is 0.339. The zero-order valence-electron chi connectivity index (χ0n) is 12.9. The largest absolute Gasteiger partial charge is 0.341 e. The molecule has 2 aromatic carbocycles.